The van der Waals surface area contributed by atoms with Gasteiger partial charge in [-0.05, 0) is 47.4 Å². The highest BCUT2D eigenvalue weighted by molar-refractivity contribution is 5.89. The molecule has 0 radical (unpaired) electrons. The zero-order valence-corrected chi connectivity index (χ0v) is 13.6. The maximum absolute atomic E-state index is 5.42. The number of aromatic nitrogens is 1. The van der Waals surface area contributed by atoms with Gasteiger partial charge in [0.15, 0.2) is 0 Å². The number of aromatic amines is 1. The van der Waals surface area contributed by atoms with E-state index in [9.17, 15) is 0 Å². The molecule has 0 saturated carbocycles. The molecule has 2 nitrogen and oxygen atoms in total. The van der Waals surface area contributed by atoms with Crippen LogP contribution >= 0.6 is 0 Å². The lowest BCUT2D eigenvalue weighted by molar-refractivity contribution is 0.413. The minimum Gasteiger partial charge on any atom is -0.497 e. The fourth-order valence-electron chi connectivity index (χ4n) is 4.00. The number of methoxy groups -OCH3 is 1. The molecule has 22 heavy (non-hydrogen) atoms. The van der Waals surface area contributed by atoms with E-state index in [2.05, 4.69) is 62.2 Å². The van der Waals surface area contributed by atoms with Crippen molar-refractivity contribution in [2.75, 3.05) is 7.11 Å². The standard InChI is InChI=1S/C20H21NO/c1-12-6-5-7-17-18(12)15-11-13-10-14(22-4)8-9-16(13)20(2,3)19(15)21-17/h5-10,21H,11H2,1-4H3. The Hall–Kier alpha value is -2.22. The van der Waals surface area contributed by atoms with Crippen LogP contribution in [-0.2, 0) is 11.8 Å². The molecule has 1 aromatic heterocycles. The summed E-state index contributed by atoms with van der Waals surface area (Å²) in [5.41, 5.74) is 8.15. The van der Waals surface area contributed by atoms with Gasteiger partial charge in [-0.2, -0.15) is 0 Å². The van der Waals surface area contributed by atoms with E-state index < -0.39 is 0 Å². The number of benzene rings is 2. The van der Waals surface area contributed by atoms with Crippen LogP contribution in [0.1, 0.15) is 41.8 Å². The highest BCUT2D eigenvalue weighted by Crippen LogP contribution is 2.44. The molecule has 0 atom stereocenters. The molecule has 1 heterocycles. The summed E-state index contributed by atoms with van der Waals surface area (Å²) in [4.78, 5) is 3.69. The molecule has 0 bridgehead atoms. The number of nitrogens with one attached hydrogen (secondary N) is 1. The van der Waals surface area contributed by atoms with Crippen molar-refractivity contribution in [3.63, 3.8) is 0 Å². The second-order valence-electron chi connectivity index (χ2n) is 6.80. The van der Waals surface area contributed by atoms with E-state index >= 15 is 0 Å². The number of fused-ring (bicyclic) bond motifs is 4. The van der Waals surface area contributed by atoms with Crippen molar-refractivity contribution in [2.24, 2.45) is 0 Å². The van der Waals surface area contributed by atoms with Gasteiger partial charge >= 0.3 is 0 Å². The Morgan fingerprint density at radius 2 is 1.95 bits per heavy atom. The number of hydrogen-bond donors (Lipinski definition) is 1. The van der Waals surface area contributed by atoms with Crippen LogP contribution in [0, 0.1) is 6.92 Å². The Labute approximate surface area is 131 Å². The van der Waals surface area contributed by atoms with E-state index in [-0.39, 0.29) is 5.41 Å². The van der Waals surface area contributed by atoms with Crippen LogP contribution < -0.4 is 4.74 Å². The summed E-state index contributed by atoms with van der Waals surface area (Å²) < 4.78 is 5.42. The quantitative estimate of drug-likeness (QED) is 0.689. The van der Waals surface area contributed by atoms with E-state index in [1.54, 1.807) is 7.11 Å². The van der Waals surface area contributed by atoms with Crippen molar-refractivity contribution < 1.29 is 4.74 Å². The molecule has 4 rings (SSSR count). The van der Waals surface area contributed by atoms with Crippen molar-refractivity contribution in [1.29, 1.82) is 0 Å². The number of rotatable bonds is 1. The van der Waals surface area contributed by atoms with Gasteiger partial charge < -0.3 is 9.72 Å². The number of H-pyrrole nitrogens is 1. The Kier molecular flexibility index (Phi) is 2.68. The first-order valence-electron chi connectivity index (χ1n) is 7.80. The highest BCUT2D eigenvalue weighted by atomic mass is 16.5. The van der Waals surface area contributed by atoms with Gasteiger partial charge in [0.05, 0.1) is 7.11 Å². The predicted molar refractivity (Wildman–Crippen MR) is 91.0 cm³/mol. The molecule has 0 spiro atoms. The molecule has 0 amide bonds. The van der Waals surface area contributed by atoms with Gasteiger partial charge in [0.25, 0.3) is 0 Å². The van der Waals surface area contributed by atoms with Crippen LogP contribution in [0.2, 0.25) is 0 Å². The summed E-state index contributed by atoms with van der Waals surface area (Å²) in [6.07, 6.45) is 0.968. The summed E-state index contributed by atoms with van der Waals surface area (Å²) in [5.74, 6) is 0.939. The van der Waals surface area contributed by atoms with Crippen molar-refractivity contribution in [3.8, 4) is 5.75 Å². The molecule has 2 heteroatoms. The summed E-state index contributed by atoms with van der Waals surface area (Å²) in [6, 6.07) is 13.0. The summed E-state index contributed by atoms with van der Waals surface area (Å²) in [5, 5.41) is 1.39. The van der Waals surface area contributed by atoms with Crippen molar-refractivity contribution in [2.45, 2.75) is 32.6 Å². The third-order valence-corrected chi connectivity index (χ3v) is 5.11. The summed E-state index contributed by atoms with van der Waals surface area (Å²) >= 11 is 0. The van der Waals surface area contributed by atoms with Crippen LogP contribution in [0.25, 0.3) is 10.9 Å². The van der Waals surface area contributed by atoms with Gasteiger partial charge in [0, 0.05) is 28.4 Å². The molecule has 1 aliphatic rings. The third kappa shape index (κ3) is 1.67. The lowest BCUT2D eigenvalue weighted by atomic mass is 9.71. The second kappa shape index (κ2) is 4.39. The molecule has 3 aromatic rings. The molecular weight excluding hydrogens is 270 g/mol. The van der Waals surface area contributed by atoms with Crippen molar-refractivity contribution >= 4 is 10.9 Å². The van der Waals surface area contributed by atoms with E-state index in [1.807, 2.05) is 0 Å². The first-order chi connectivity index (χ1) is 10.5. The molecule has 2 aromatic carbocycles. The number of hydrogen-bond acceptors (Lipinski definition) is 1. The lowest BCUT2D eigenvalue weighted by Crippen LogP contribution is -2.27. The lowest BCUT2D eigenvalue weighted by Gasteiger charge is -2.33. The molecule has 0 saturated heterocycles. The zero-order valence-electron chi connectivity index (χ0n) is 13.6. The van der Waals surface area contributed by atoms with E-state index in [0.717, 1.165) is 12.2 Å². The highest BCUT2D eigenvalue weighted by Gasteiger charge is 2.35. The monoisotopic (exact) mass is 291 g/mol. The fraction of sp³-hybridized carbons (Fsp3) is 0.300. The zero-order chi connectivity index (χ0) is 15.5. The van der Waals surface area contributed by atoms with Gasteiger partial charge in [-0.15, -0.1) is 0 Å². The first kappa shape index (κ1) is 13.4. The van der Waals surface area contributed by atoms with Crippen LogP contribution in [0.5, 0.6) is 5.75 Å². The third-order valence-electron chi connectivity index (χ3n) is 5.11. The van der Waals surface area contributed by atoms with Gasteiger partial charge in [-0.3, -0.25) is 0 Å². The maximum Gasteiger partial charge on any atom is 0.119 e. The maximum atomic E-state index is 5.42. The first-order valence-corrected chi connectivity index (χ1v) is 7.80. The minimum atomic E-state index is -0.0132. The SMILES string of the molecule is COc1ccc2c(c1)Cc1c([nH]c3cccc(C)c13)C2(C)C. The Balaban J connectivity index is 2.03. The fourth-order valence-corrected chi connectivity index (χ4v) is 4.00. The van der Waals surface area contributed by atoms with E-state index in [0.29, 0.717) is 0 Å². The molecule has 0 unspecified atom stereocenters. The normalized spacial score (nSPS) is 15.5. The van der Waals surface area contributed by atoms with Crippen molar-refractivity contribution in [3.05, 3.63) is 64.3 Å². The molecular formula is C20H21NO. The van der Waals surface area contributed by atoms with Crippen LogP contribution in [0.15, 0.2) is 36.4 Å². The van der Waals surface area contributed by atoms with Gasteiger partial charge in [-0.25, -0.2) is 0 Å². The average molecular weight is 291 g/mol. The van der Waals surface area contributed by atoms with Gasteiger partial charge in [0.1, 0.15) is 5.75 Å². The average Bonchev–Trinajstić information content (AvgIpc) is 2.88. The van der Waals surface area contributed by atoms with Crippen molar-refractivity contribution in [1.82, 2.24) is 4.98 Å². The van der Waals surface area contributed by atoms with Crippen LogP contribution in [-0.4, -0.2) is 12.1 Å². The van der Waals surface area contributed by atoms with E-state index in [4.69, 9.17) is 4.74 Å². The predicted octanol–water partition coefficient (Wildman–Crippen LogP) is 4.72. The Morgan fingerprint density at radius 1 is 1.14 bits per heavy atom. The smallest absolute Gasteiger partial charge is 0.119 e. The van der Waals surface area contributed by atoms with E-state index in [1.165, 1.54) is 38.9 Å². The second-order valence-corrected chi connectivity index (χ2v) is 6.80. The van der Waals surface area contributed by atoms with Crippen LogP contribution in [0.4, 0.5) is 0 Å². The topological polar surface area (TPSA) is 25.0 Å². The molecule has 0 aliphatic heterocycles. The minimum absolute atomic E-state index is 0.0132. The number of ether oxygens (including phenoxy) is 1. The molecule has 0 fully saturated rings. The largest absolute Gasteiger partial charge is 0.497 e. The molecule has 1 aliphatic carbocycles. The summed E-state index contributed by atoms with van der Waals surface area (Å²) in [6.45, 7) is 6.81. The number of aryl methyl sites for hydroxylation is 1. The van der Waals surface area contributed by atoms with Gasteiger partial charge in [0.2, 0.25) is 0 Å². The Bertz CT molecular complexity index is 886. The van der Waals surface area contributed by atoms with Crippen LogP contribution in [0.3, 0.4) is 0 Å². The molecule has 112 valence electrons. The Morgan fingerprint density at radius 3 is 2.73 bits per heavy atom. The summed E-state index contributed by atoms with van der Waals surface area (Å²) in [7, 11) is 1.73. The van der Waals surface area contributed by atoms with Gasteiger partial charge in [-0.1, -0.05) is 32.0 Å². The molecule has 1 N–H and O–H groups in total.